The monoisotopic (exact) mass is 523 g/mol. The molecule has 3 aromatic heterocycles. The Bertz CT molecular complexity index is 1630. The van der Waals surface area contributed by atoms with Crippen molar-refractivity contribution in [1.82, 2.24) is 24.7 Å². The van der Waals surface area contributed by atoms with Crippen molar-refractivity contribution in [1.29, 1.82) is 0 Å². The first-order valence-corrected chi connectivity index (χ1v) is 12.0. The topological polar surface area (TPSA) is 86.7 Å². The third-order valence-electron chi connectivity index (χ3n) is 5.97. The van der Waals surface area contributed by atoms with E-state index in [1.807, 2.05) is 24.3 Å². The number of nitrogens with zero attached hydrogens (tertiary/aromatic N) is 5. The van der Waals surface area contributed by atoms with Gasteiger partial charge in [-0.15, -0.1) is 0 Å². The molecule has 0 radical (unpaired) electrons. The van der Waals surface area contributed by atoms with Crippen LogP contribution in [0.5, 0.6) is 0 Å². The zero-order chi connectivity index (χ0) is 24.1. The van der Waals surface area contributed by atoms with E-state index in [9.17, 15) is 4.79 Å². The number of pyridine rings is 1. The minimum atomic E-state index is -0.210. The lowest BCUT2D eigenvalue weighted by atomic mass is 9.98. The Labute approximate surface area is 214 Å². The molecule has 0 aliphatic heterocycles. The molecule has 10 heteroatoms. The molecular formula is C25H16Cl3N5O2. The van der Waals surface area contributed by atoms with Crippen LogP contribution in [-0.2, 0) is 6.54 Å². The first-order chi connectivity index (χ1) is 17.0. The van der Waals surface area contributed by atoms with Gasteiger partial charge < -0.3 is 4.52 Å². The second kappa shape index (κ2) is 8.75. The molecule has 5 aromatic rings. The van der Waals surface area contributed by atoms with Crippen LogP contribution in [0.1, 0.15) is 30.4 Å². The maximum atomic E-state index is 13.7. The van der Waals surface area contributed by atoms with E-state index < -0.39 is 0 Å². The molecule has 7 nitrogen and oxygen atoms in total. The van der Waals surface area contributed by atoms with Gasteiger partial charge in [0.1, 0.15) is 5.82 Å². The van der Waals surface area contributed by atoms with Gasteiger partial charge >= 0.3 is 0 Å². The smallest absolute Gasteiger partial charge is 0.263 e. The van der Waals surface area contributed by atoms with Crippen LogP contribution in [0.4, 0.5) is 0 Å². The molecule has 6 rings (SSSR count). The Kier molecular flexibility index (Phi) is 5.56. The van der Waals surface area contributed by atoms with Crippen molar-refractivity contribution in [2.45, 2.75) is 25.3 Å². The SMILES string of the molecule is O=c1c2cc(-c3ccc(Cl)cc3)c(-c3ccc(Cl)cc3Cl)nc2nc(C2CC2)n1Cc1ncon1. The molecular weight excluding hydrogens is 509 g/mol. The summed E-state index contributed by atoms with van der Waals surface area (Å²) in [7, 11) is 0. The summed E-state index contributed by atoms with van der Waals surface area (Å²) < 4.78 is 6.48. The van der Waals surface area contributed by atoms with Crippen LogP contribution in [-0.4, -0.2) is 24.7 Å². The number of hydrogen-bond donors (Lipinski definition) is 0. The minimum absolute atomic E-state index is 0.172. The molecule has 0 atom stereocenters. The number of halogens is 3. The Morgan fingerprint density at radius 3 is 2.40 bits per heavy atom. The molecule has 0 unspecified atom stereocenters. The summed E-state index contributed by atoms with van der Waals surface area (Å²) in [6, 6.07) is 14.4. The summed E-state index contributed by atoms with van der Waals surface area (Å²) >= 11 is 18.8. The van der Waals surface area contributed by atoms with E-state index in [4.69, 9.17) is 49.3 Å². The molecule has 0 saturated heterocycles. The lowest BCUT2D eigenvalue weighted by Crippen LogP contribution is -2.26. The standard InChI is InChI=1S/C25H16Cl3N5O2/c26-15-5-3-13(4-6-15)18-10-19-23(30-22(18)17-8-7-16(27)9-20(17)28)31-24(14-1-2-14)33(25(19)34)11-21-29-12-35-32-21/h3-10,12,14H,1-2,11H2. The maximum absolute atomic E-state index is 13.7. The van der Waals surface area contributed by atoms with Crippen LogP contribution in [0, 0.1) is 0 Å². The van der Waals surface area contributed by atoms with Crippen molar-refractivity contribution >= 4 is 45.8 Å². The second-order valence-electron chi connectivity index (χ2n) is 8.37. The van der Waals surface area contributed by atoms with Crippen molar-refractivity contribution in [3.63, 3.8) is 0 Å². The van der Waals surface area contributed by atoms with E-state index >= 15 is 0 Å². The van der Waals surface area contributed by atoms with Crippen LogP contribution in [0.25, 0.3) is 33.4 Å². The van der Waals surface area contributed by atoms with Crippen molar-refractivity contribution in [3.8, 4) is 22.4 Å². The molecule has 0 N–H and O–H groups in total. The van der Waals surface area contributed by atoms with Crippen molar-refractivity contribution in [2.75, 3.05) is 0 Å². The summed E-state index contributed by atoms with van der Waals surface area (Å²) in [5.41, 5.74) is 3.00. The Morgan fingerprint density at radius 1 is 0.943 bits per heavy atom. The lowest BCUT2D eigenvalue weighted by Gasteiger charge is -2.15. The molecule has 1 fully saturated rings. The molecule has 0 amide bonds. The third kappa shape index (κ3) is 4.20. The van der Waals surface area contributed by atoms with E-state index in [0.29, 0.717) is 49.0 Å². The van der Waals surface area contributed by atoms with Crippen LogP contribution < -0.4 is 5.56 Å². The first kappa shape index (κ1) is 22.2. The average molecular weight is 525 g/mol. The Morgan fingerprint density at radius 2 is 1.71 bits per heavy atom. The Balaban J connectivity index is 1.64. The predicted molar refractivity (Wildman–Crippen MR) is 135 cm³/mol. The van der Waals surface area contributed by atoms with Crippen molar-refractivity contribution < 1.29 is 4.52 Å². The first-order valence-electron chi connectivity index (χ1n) is 10.9. The third-order valence-corrected chi connectivity index (χ3v) is 6.77. The highest BCUT2D eigenvalue weighted by atomic mass is 35.5. The van der Waals surface area contributed by atoms with E-state index in [2.05, 4.69) is 10.1 Å². The highest BCUT2D eigenvalue weighted by Gasteiger charge is 2.30. The quantitative estimate of drug-likeness (QED) is 0.265. The van der Waals surface area contributed by atoms with E-state index in [1.165, 1.54) is 6.39 Å². The fraction of sp³-hybridized carbons (Fsp3) is 0.160. The highest BCUT2D eigenvalue weighted by molar-refractivity contribution is 6.36. The van der Waals surface area contributed by atoms with Gasteiger partial charge in [0.2, 0.25) is 6.39 Å². The molecule has 0 spiro atoms. The van der Waals surface area contributed by atoms with Crippen LogP contribution >= 0.6 is 34.8 Å². The number of fused-ring (bicyclic) bond motifs is 1. The van der Waals surface area contributed by atoms with Gasteiger partial charge in [-0.1, -0.05) is 52.1 Å². The van der Waals surface area contributed by atoms with Crippen LogP contribution in [0.3, 0.4) is 0 Å². The van der Waals surface area contributed by atoms with E-state index in [1.54, 1.807) is 28.8 Å². The summed E-state index contributed by atoms with van der Waals surface area (Å²) in [6.07, 6.45) is 3.17. The summed E-state index contributed by atoms with van der Waals surface area (Å²) in [4.78, 5) is 27.5. The fourth-order valence-electron chi connectivity index (χ4n) is 4.11. The molecule has 174 valence electrons. The molecule has 0 bridgehead atoms. The minimum Gasteiger partial charge on any atom is -0.343 e. The second-order valence-corrected chi connectivity index (χ2v) is 9.65. The van der Waals surface area contributed by atoms with Gasteiger partial charge in [0.25, 0.3) is 5.56 Å². The zero-order valence-electron chi connectivity index (χ0n) is 18.1. The van der Waals surface area contributed by atoms with E-state index in [-0.39, 0.29) is 18.0 Å². The van der Waals surface area contributed by atoms with Crippen LogP contribution in [0.2, 0.25) is 15.1 Å². The summed E-state index contributed by atoms with van der Waals surface area (Å²) in [5, 5.41) is 5.83. The Hall–Kier alpha value is -3.26. The van der Waals surface area contributed by atoms with Gasteiger partial charge in [0.05, 0.1) is 22.6 Å². The molecule has 1 aliphatic rings. The van der Waals surface area contributed by atoms with Gasteiger partial charge in [0.15, 0.2) is 11.5 Å². The predicted octanol–water partition coefficient (Wildman–Crippen LogP) is 6.39. The lowest BCUT2D eigenvalue weighted by molar-refractivity contribution is 0.407. The van der Waals surface area contributed by atoms with Gasteiger partial charge in [-0.25, -0.2) is 9.97 Å². The van der Waals surface area contributed by atoms with Gasteiger partial charge in [-0.3, -0.25) is 9.36 Å². The number of rotatable bonds is 5. The fourth-order valence-corrected chi connectivity index (χ4v) is 4.73. The number of aromatic nitrogens is 5. The van der Waals surface area contributed by atoms with Gasteiger partial charge in [-0.2, -0.15) is 4.98 Å². The maximum Gasteiger partial charge on any atom is 0.263 e. The molecule has 1 saturated carbocycles. The summed E-state index contributed by atoms with van der Waals surface area (Å²) in [5.74, 6) is 1.28. The molecule has 3 heterocycles. The largest absolute Gasteiger partial charge is 0.343 e. The van der Waals surface area contributed by atoms with Gasteiger partial charge in [-0.05, 0) is 54.8 Å². The van der Waals surface area contributed by atoms with Crippen molar-refractivity contribution in [3.05, 3.63) is 92.0 Å². The summed E-state index contributed by atoms with van der Waals surface area (Å²) in [6.45, 7) is 0.172. The zero-order valence-corrected chi connectivity index (χ0v) is 20.3. The van der Waals surface area contributed by atoms with Gasteiger partial charge in [0, 0.05) is 27.1 Å². The molecule has 35 heavy (non-hydrogen) atoms. The molecule has 2 aromatic carbocycles. The normalized spacial score (nSPS) is 13.5. The number of benzene rings is 2. The molecule has 1 aliphatic carbocycles. The number of hydrogen-bond acceptors (Lipinski definition) is 6. The van der Waals surface area contributed by atoms with E-state index in [0.717, 1.165) is 24.0 Å². The average Bonchev–Trinajstić information content (AvgIpc) is 3.56. The highest BCUT2D eigenvalue weighted by Crippen LogP contribution is 2.40. The van der Waals surface area contributed by atoms with Crippen molar-refractivity contribution in [2.24, 2.45) is 0 Å². The van der Waals surface area contributed by atoms with Crippen LogP contribution in [0.15, 0.2) is 64.2 Å².